The van der Waals surface area contributed by atoms with Crippen molar-refractivity contribution < 1.29 is 9.21 Å². The number of nitrogens with one attached hydrogen (secondary N) is 1. The third-order valence-electron chi connectivity index (χ3n) is 3.61. The van der Waals surface area contributed by atoms with Gasteiger partial charge in [0.05, 0.1) is 0 Å². The lowest BCUT2D eigenvalue weighted by atomic mass is 10.2. The first-order valence-electron chi connectivity index (χ1n) is 7.83. The normalized spacial score (nSPS) is 10.8. The van der Waals surface area contributed by atoms with E-state index in [0.29, 0.717) is 12.1 Å². The Hall–Kier alpha value is -2.69. The van der Waals surface area contributed by atoms with E-state index in [2.05, 4.69) is 22.2 Å². The molecule has 3 aromatic rings. The lowest BCUT2D eigenvalue weighted by Crippen LogP contribution is -2.22. The Morgan fingerprint density at radius 1 is 1.30 bits per heavy atom. The summed E-state index contributed by atoms with van der Waals surface area (Å²) in [5, 5.41) is 2.88. The number of amides is 1. The van der Waals surface area contributed by atoms with Gasteiger partial charge in [-0.25, -0.2) is 4.98 Å². The number of unbranched alkanes of at least 4 members (excludes halogenated alkanes) is 1. The molecule has 1 N–H and O–H groups in total. The molecule has 1 aromatic carbocycles. The maximum Gasteiger partial charge on any atom is 0.251 e. The van der Waals surface area contributed by atoms with Crippen LogP contribution in [-0.2, 0) is 13.0 Å². The third-order valence-corrected chi connectivity index (χ3v) is 3.61. The molecule has 0 saturated carbocycles. The number of hydrogen-bond acceptors (Lipinski definition) is 4. The van der Waals surface area contributed by atoms with Gasteiger partial charge in [-0.05, 0) is 36.2 Å². The number of hydrogen-bond donors (Lipinski definition) is 1. The van der Waals surface area contributed by atoms with E-state index >= 15 is 0 Å². The number of aromatic nitrogens is 2. The Bertz CT molecular complexity index is 796. The zero-order valence-electron chi connectivity index (χ0n) is 13.1. The van der Waals surface area contributed by atoms with Crippen LogP contribution in [0.3, 0.4) is 0 Å². The van der Waals surface area contributed by atoms with E-state index in [1.165, 1.54) is 0 Å². The molecule has 0 bridgehead atoms. The molecule has 0 aliphatic rings. The summed E-state index contributed by atoms with van der Waals surface area (Å²) in [5.74, 6) is 0.601. The average molecular weight is 309 g/mol. The monoisotopic (exact) mass is 309 g/mol. The molecule has 5 nitrogen and oxygen atoms in total. The second-order valence-corrected chi connectivity index (χ2v) is 5.44. The van der Waals surface area contributed by atoms with Crippen molar-refractivity contribution >= 4 is 17.0 Å². The number of oxazole rings is 1. The SMILES string of the molecule is CCCCc1nc2cc(C(=O)NCc3cccnc3)ccc2o1. The number of pyridine rings is 1. The highest BCUT2D eigenvalue weighted by Gasteiger charge is 2.10. The molecule has 0 fully saturated rings. The van der Waals surface area contributed by atoms with E-state index in [0.717, 1.165) is 41.8 Å². The van der Waals surface area contributed by atoms with Crippen molar-refractivity contribution in [2.24, 2.45) is 0 Å². The van der Waals surface area contributed by atoms with Crippen molar-refractivity contribution in [3.8, 4) is 0 Å². The first-order valence-corrected chi connectivity index (χ1v) is 7.83. The Morgan fingerprint density at radius 3 is 3.00 bits per heavy atom. The van der Waals surface area contributed by atoms with Gasteiger partial charge in [-0.15, -0.1) is 0 Å². The van der Waals surface area contributed by atoms with Crippen LogP contribution < -0.4 is 5.32 Å². The molecule has 0 atom stereocenters. The van der Waals surface area contributed by atoms with E-state index in [1.54, 1.807) is 30.6 Å². The van der Waals surface area contributed by atoms with Crippen LogP contribution in [0, 0.1) is 0 Å². The fourth-order valence-electron chi connectivity index (χ4n) is 2.34. The van der Waals surface area contributed by atoms with Crippen LogP contribution in [0.5, 0.6) is 0 Å². The zero-order valence-corrected chi connectivity index (χ0v) is 13.1. The van der Waals surface area contributed by atoms with Gasteiger partial charge in [0.1, 0.15) is 5.52 Å². The molecule has 0 aliphatic heterocycles. The standard InChI is InChI=1S/C18H19N3O2/c1-2-3-6-17-21-15-10-14(7-8-16(15)23-17)18(22)20-12-13-5-4-9-19-11-13/h4-5,7-11H,2-3,6,12H2,1H3,(H,20,22). The molecule has 0 radical (unpaired) electrons. The number of carbonyl (C=O) groups excluding carboxylic acids is 1. The second-order valence-electron chi connectivity index (χ2n) is 5.44. The van der Waals surface area contributed by atoms with Crippen molar-refractivity contribution in [1.29, 1.82) is 0 Å². The number of rotatable bonds is 6. The van der Waals surface area contributed by atoms with Gasteiger partial charge in [0.25, 0.3) is 5.91 Å². The van der Waals surface area contributed by atoms with Crippen LogP contribution in [0.15, 0.2) is 47.1 Å². The topological polar surface area (TPSA) is 68.0 Å². The molecule has 0 spiro atoms. The summed E-state index contributed by atoms with van der Waals surface area (Å²) >= 11 is 0. The largest absolute Gasteiger partial charge is 0.441 e. The van der Waals surface area contributed by atoms with Gasteiger partial charge in [0.2, 0.25) is 0 Å². The van der Waals surface area contributed by atoms with Gasteiger partial charge in [-0.3, -0.25) is 9.78 Å². The minimum absolute atomic E-state index is 0.131. The summed E-state index contributed by atoms with van der Waals surface area (Å²) in [4.78, 5) is 20.7. The van der Waals surface area contributed by atoms with Gasteiger partial charge in [0, 0.05) is 30.9 Å². The van der Waals surface area contributed by atoms with Crippen molar-refractivity contribution in [3.05, 3.63) is 59.7 Å². The lowest BCUT2D eigenvalue weighted by molar-refractivity contribution is 0.0951. The second kappa shape index (κ2) is 7.05. The smallest absolute Gasteiger partial charge is 0.251 e. The zero-order chi connectivity index (χ0) is 16.1. The van der Waals surface area contributed by atoms with Crippen molar-refractivity contribution in [1.82, 2.24) is 15.3 Å². The molecule has 0 aliphatic carbocycles. The maximum absolute atomic E-state index is 12.3. The predicted octanol–water partition coefficient (Wildman–Crippen LogP) is 3.50. The van der Waals surface area contributed by atoms with E-state index in [-0.39, 0.29) is 5.91 Å². The highest BCUT2D eigenvalue weighted by molar-refractivity contribution is 5.97. The quantitative estimate of drug-likeness (QED) is 0.756. The fourth-order valence-corrected chi connectivity index (χ4v) is 2.34. The third kappa shape index (κ3) is 3.74. The van der Waals surface area contributed by atoms with Crippen LogP contribution in [0.1, 0.15) is 41.6 Å². The Balaban J connectivity index is 1.70. The highest BCUT2D eigenvalue weighted by Crippen LogP contribution is 2.18. The van der Waals surface area contributed by atoms with Gasteiger partial charge in [-0.1, -0.05) is 19.4 Å². The number of fused-ring (bicyclic) bond motifs is 1. The molecule has 118 valence electrons. The number of aryl methyl sites for hydroxylation is 1. The van der Waals surface area contributed by atoms with Crippen molar-refractivity contribution in [2.75, 3.05) is 0 Å². The number of carbonyl (C=O) groups is 1. The van der Waals surface area contributed by atoms with E-state index in [9.17, 15) is 4.79 Å². The summed E-state index contributed by atoms with van der Waals surface area (Å²) < 4.78 is 5.68. The summed E-state index contributed by atoms with van der Waals surface area (Å²) in [6.45, 7) is 2.58. The van der Waals surface area contributed by atoms with Crippen LogP contribution in [-0.4, -0.2) is 15.9 Å². The minimum Gasteiger partial charge on any atom is -0.441 e. The number of nitrogens with zero attached hydrogens (tertiary/aromatic N) is 2. The average Bonchev–Trinajstić information content (AvgIpc) is 3.00. The predicted molar refractivity (Wildman–Crippen MR) is 88.0 cm³/mol. The summed E-state index contributed by atoms with van der Waals surface area (Å²) in [6, 6.07) is 9.11. The van der Waals surface area contributed by atoms with Gasteiger partial charge >= 0.3 is 0 Å². The Morgan fingerprint density at radius 2 is 2.22 bits per heavy atom. The molecule has 5 heteroatoms. The lowest BCUT2D eigenvalue weighted by Gasteiger charge is -2.04. The summed E-state index contributed by atoms with van der Waals surface area (Å²) in [5.41, 5.74) is 2.99. The van der Waals surface area contributed by atoms with E-state index in [4.69, 9.17) is 4.42 Å². The maximum atomic E-state index is 12.3. The van der Waals surface area contributed by atoms with Crippen molar-refractivity contribution in [3.63, 3.8) is 0 Å². The van der Waals surface area contributed by atoms with Crippen LogP contribution in [0.2, 0.25) is 0 Å². The summed E-state index contributed by atoms with van der Waals surface area (Å²) in [7, 11) is 0. The fraction of sp³-hybridized carbons (Fsp3) is 0.278. The Labute approximate surface area is 134 Å². The first kappa shape index (κ1) is 15.2. The molecule has 3 rings (SSSR count). The van der Waals surface area contributed by atoms with Crippen LogP contribution in [0.25, 0.3) is 11.1 Å². The molecule has 0 unspecified atom stereocenters. The molecule has 2 aromatic heterocycles. The molecular formula is C18H19N3O2. The van der Waals surface area contributed by atoms with Crippen LogP contribution >= 0.6 is 0 Å². The molecule has 23 heavy (non-hydrogen) atoms. The van der Waals surface area contributed by atoms with Gasteiger partial charge in [-0.2, -0.15) is 0 Å². The minimum atomic E-state index is -0.131. The molecule has 1 amide bonds. The molecule has 0 saturated heterocycles. The number of benzene rings is 1. The van der Waals surface area contributed by atoms with Gasteiger partial charge in [0.15, 0.2) is 11.5 Å². The van der Waals surface area contributed by atoms with Gasteiger partial charge < -0.3 is 9.73 Å². The van der Waals surface area contributed by atoms with Crippen LogP contribution in [0.4, 0.5) is 0 Å². The van der Waals surface area contributed by atoms with E-state index < -0.39 is 0 Å². The summed E-state index contributed by atoms with van der Waals surface area (Å²) in [6.07, 6.45) is 6.42. The highest BCUT2D eigenvalue weighted by atomic mass is 16.3. The Kier molecular flexibility index (Phi) is 4.66. The first-order chi connectivity index (χ1) is 11.3. The molecule has 2 heterocycles. The molecular weight excluding hydrogens is 290 g/mol. The van der Waals surface area contributed by atoms with Crippen molar-refractivity contribution in [2.45, 2.75) is 32.7 Å². The van der Waals surface area contributed by atoms with E-state index in [1.807, 2.05) is 12.1 Å².